The number of alkyl halides is 3. The topological polar surface area (TPSA) is 80.6 Å². The maximum Gasteiger partial charge on any atom is 0.296 e. The number of para-hydroxylation sites is 2. The predicted molar refractivity (Wildman–Crippen MR) is 142 cm³/mol. The molecule has 3 saturated heterocycles. The molecular weight excluding hydrogens is 511 g/mol. The lowest BCUT2D eigenvalue weighted by atomic mass is 9.92. The van der Waals surface area contributed by atoms with Crippen molar-refractivity contribution in [3.63, 3.8) is 0 Å². The number of anilines is 2. The maximum absolute atomic E-state index is 15.3. The molecule has 210 valence electrons. The molecule has 3 aliphatic heterocycles. The van der Waals surface area contributed by atoms with E-state index in [2.05, 4.69) is 20.2 Å². The third kappa shape index (κ3) is 5.68. The molecule has 2 unspecified atom stereocenters. The van der Waals surface area contributed by atoms with Crippen molar-refractivity contribution in [1.29, 1.82) is 0 Å². The van der Waals surface area contributed by atoms with E-state index in [1.807, 2.05) is 4.90 Å². The van der Waals surface area contributed by atoms with Gasteiger partial charge in [0.05, 0.1) is 24.2 Å². The molecule has 2 aromatic heterocycles. The summed E-state index contributed by atoms with van der Waals surface area (Å²) in [6.45, 7) is 5.44. The van der Waals surface area contributed by atoms with Gasteiger partial charge in [0.25, 0.3) is 6.43 Å². The van der Waals surface area contributed by atoms with Gasteiger partial charge in [0, 0.05) is 57.4 Å². The Morgan fingerprint density at radius 1 is 0.923 bits per heavy atom. The first-order valence-corrected chi connectivity index (χ1v) is 13.7. The van der Waals surface area contributed by atoms with E-state index < -0.39 is 12.6 Å². The molecule has 3 fully saturated rings. The molecule has 9 nitrogen and oxygen atoms in total. The molecular formula is C27H34F3N7O2. The minimum absolute atomic E-state index is 0.189. The van der Waals surface area contributed by atoms with Crippen molar-refractivity contribution in [2.75, 3.05) is 69.4 Å². The minimum Gasteiger partial charge on any atom is -0.381 e. The molecule has 0 saturated carbocycles. The Bertz CT molecular complexity index is 1260. The van der Waals surface area contributed by atoms with Crippen LogP contribution in [0.15, 0.2) is 30.3 Å². The van der Waals surface area contributed by atoms with Crippen LogP contribution in [0.25, 0.3) is 16.9 Å². The molecule has 3 aliphatic rings. The molecule has 0 amide bonds. The zero-order valence-electron chi connectivity index (χ0n) is 21.8. The van der Waals surface area contributed by atoms with Crippen LogP contribution in [-0.2, 0) is 9.47 Å². The van der Waals surface area contributed by atoms with Gasteiger partial charge in [0.15, 0.2) is 5.82 Å². The second-order valence-corrected chi connectivity index (χ2v) is 10.4. The standard InChI is InChI=1S/C27H34F3N7O2/c28-20-17-36(19-6-11-38-12-7-19)8-5-18(20)16-31-27-33-23(35-9-13-39-14-10-35)15-24(34-27)37-22-4-2-1-3-21(22)32-26(37)25(29)30/h1-4,15,18-20,25H,5-14,16-17H2,(H,31,33,34). The summed E-state index contributed by atoms with van der Waals surface area (Å²) in [7, 11) is 0. The van der Waals surface area contributed by atoms with Crippen molar-refractivity contribution in [2.45, 2.75) is 37.9 Å². The molecule has 39 heavy (non-hydrogen) atoms. The molecule has 2 atom stereocenters. The molecule has 1 aromatic carbocycles. The highest BCUT2D eigenvalue weighted by atomic mass is 19.3. The first kappa shape index (κ1) is 26.3. The second kappa shape index (κ2) is 11.6. The zero-order chi connectivity index (χ0) is 26.8. The Kier molecular flexibility index (Phi) is 7.85. The Balaban J connectivity index is 1.25. The summed E-state index contributed by atoms with van der Waals surface area (Å²) >= 11 is 0. The first-order chi connectivity index (χ1) is 19.1. The van der Waals surface area contributed by atoms with Crippen molar-refractivity contribution in [2.24, 2.45) is 5.92 Å². The number of benzene rings is 1. The predicted octanol–water partition coefficient (Wildman–Crippen LogP) is 3.84. The lowest BCUT2D eigenvalue weighted by Crippen LogP contribution is -2.50. The van der Waals surface area contributed by atoms with E-state index in [1.165, 1.54) is 4.57 Å². The van der Waals surface area contributed by atoms with E-state index in [-0.39, 0.29) is 17.7 Å². The van der Waals surface area contributed by atoms with Crippen molar-refractivity contribution < 1.29 is 22.6 Å². The lowest BCUT2D eigenvalue weighted by Gasteiger charge is -2.40. The number of rotatable bonds is 7. The quantitative estimate of drug-likeness (QED) is 0.480. The van der Waals surface area contributed by atoms with Gasteiger partial charge in [-0.2, -0.15) is 9.97 Å². The number of halogens is 3. The van der Waals surface area contributed by atoms with Gasteiger partial charge in [0.2, 0.25) is 5.95 Å². The largest absolute Gasteiger partial charge is 0.381 e. The van der Waals surface area contributed by atoms with Gasteiger partial charge in [-0.1, -0.05) is 12.1 Å². The van der Waals surface area contributed by atoms with Gasteiger partial charge in [-0.25, -0.2) is 18.2 Å². The Morgan fingerprint density at radius 2 is 1.67 bits per heavy atom. The van der Waals surface area contributed by atoms with Gasteiger partial charge >= 0.3 is 0 Å². The number of hydrogen-bond donors (Lipinski definition) is 1. The number of nitrogens with one attached hydrogen (secondary N) is 1. The van der Waals surface area contributed by atoms with Crippen LogP contribution in [0.1, 0.15) is 31.5 Å². The van der Waals surface area contributed by atoms with Crippen LogP contribution in [0.5, 0.6) is 0 Å². The molecule has 3 aromatic rings. The molecule has 6 rings (SSSR count). The van der Waals surface area contributed by atoms with Crippen molar-refractivity contribution in [3.8, 4) is 5.82 Å². The average molecular weight is 546 g/mol. The van der Waals surface area contributed by atoms with Crippen LogP contribution in [-0.4, -0.2) is 95.8 Å². The van der Waals surface area contributed by atoms with Crippen LogP contribution >= 0.6 is 0 Å². The highest BCUT2D eigenvalue weighted by Gasteiger charge is 2.33. The fourth-order valence-electron chi connectivity index (χ4n) is 5.81. The number of fused-ring (bicyclic) bond motifs is 1. The Labute approximate surface area is 225 Å². The molecule has 5 heterocycles. The van der Waals surface area contributed by atoms with Crippen molar-refractivity contribution in [3.05, 3.63) is 36.2 Å². The van der Waals surface area contributed by atoms with Crippen LogP contribution < -0.4 is 10.2 Å². The van der Waals surface area contributed by atoms with E-state index in [1.54, 1.807) is 30.3 Å². The molecule has 12 heteroatoms. The summed E-state index contributed by atoms with van der Waals surface area (Å²) in [5, 5.41) is 3.24. The number of ether oxygens (including phenoxy) is 2. The average Bonchev–Trinajstić information content (AvgIpc) is 3.38. The summed E-state index contributed by atoms with van der Waals surface area (Å²) in [5.41, 5.74) is 1.00. The molecule has 1 N–H and O–H groups in total. The number of likely N-dealkylation sites (tertiary alicyclic amines) is 1. The van der Waals surface area contributed by atoms with Crippen LogP contribution in [0, 0.1) is 5.92 Å². The SMILES string of the molecule is FC(F)c1nc2ccccc2n1-c1cc(N2CCOCC2)nc(NCC2CCN(C3CCOCC3)CC2F)n1. The minimum atomic E-state index is -2.79. The number of hydrogen-bond acceptors (Lipinski definition) is 8. The Morgan fingerprint density at radius 3 is 2.44 bits per heavy atom. The summed E-state index contributed by atoms with van der Waals surface area (Å²) in [5.74, 6) is 0.620. The summed E-state index contributed by atoms with van der Waals surface area (Å²) < 4.78 is 55.8. The van der Waals surface area contributed by atoms with Crippen LogP contribution in [0.2, 0.25) is 0 Å². The summed E-state index contributed by atoms with van der Waals surface area (Å²) in [6.07, 6.45) is -1.14. The maximum atomic E-state index is 15.3. The van der Waals surface area contributed by atoms with Gasteiger partial charge in [-0.3, -0.25) is 9.47 Å². The van der Waals surface area contributed by atoms with Gasteiger partial charge in [-0.05, 0) is 37.9 Å². The van der Waals surface area contributed by atoms with E-state index in [0.29, 0.717) is 68.1 Å². The third-order valence-corrected chi connectivity index (χ3v) is 7.98. The third-order valence-electron chi connectivity index (χ3n) is 7.98. The van der Waals surface area contributed by atoms with Gasteiger partial charge in [0.1, 0.15) is 17.8 Å². The summed E-state index contributed by atoms with van der Waals surface area (Å²) in [4.78, 5) is 17.8. The van der Waals surface area contributed by atoms with Crippen LogP contribution in [0.3, 0.4) is 0 Å². The Hall–Kier alpha value is -2.96. The van der Waals surface area contributed by atoms with E-state index in [9.17, 15) is 8.78 Å². The smallest absolute Gasteiger partial charge is 0.296 e. The van der Waals surface area contributed by atoms with E-state index in [4.69, 9.17) is 14.5 Å². The molecule has 0 radical (unpaired) electrons. The van der Waals surface area contributed by atoms with Crippen molar-refractivity contribution in [1.82, 2.24) is 24.4 Å². The second-order valence-electron chi connectivity index (χ2n) is 10.4. The number of aromatic nitrogens is 4. The number of morpholine rings is 1. The number of piperidine rings is 1. The van der Waals surface area contributed by atoms with Crippen LogP contribution in [0.4, 0.5) is 24.9 Å². The highest BCUT2D eigenvalue weighted by Crippen LogP contribution is 2.30. The monoisotopic (exact) mass is 545 g/mol. The fraction of sp³-hybridized carbons (Fsp3) is 0.593. The highest BCUT2D eigenvalue weighted by molar-refractivity contribution is 5.78. The van der Waals surface area contributed by atoms with E-state index >= 15 is 4.39 Å². The first-order valence-electron chi connectivity index (χ1n) is 13.7. The molecule has 0 aliphatic carbocycles. The molecule has 0 spiro atoms. The van der Waals surface area contributed by atoms with E-state index in [0.717, 1.165) is 39.0 Å². The van der Waals surface area contributed by atoms with Crippen molar-refractivity contribution >= 4 is 22.8 Å². The summed E-state index contributed by atoms with van der Waals surface area (Å²) in [6, 6.07) is 9.10. The number of nitrogens with zero attached hydrogens (tertiary/aromatic N) is 6. The lowest BCUT2D eigenvalue weighted by molar-refractivity contribution is -0.0000565. The van der Waals surface area contributed by atoms with Gasteiger partial charge in [-0.15, -0.1) is 0 Å². The zero-order valence-corrected chi connectivity index (χ0v) is 21.8. The number of imidazole rings is 1. The molecule has 0 bridgehead atoms. The van der Waals surface area contributed by atoms with Gasteiger partial charge < -0.3 is 19.7 Å². The normalized spacial score (nSPS) is 23.5. The fourth-order valence-corrected chi connectivity index (χ4v) is 5.81.